The van der Waals surface area contributed by atoms with Gasteiger partial charge in [-0.3, -0.25) is 0 Å². The predicted molar refractivity (Wildman–Crippen MR) is 75.0 cm³/mol. The molecule has 110 valence electrons. The molecule has 1 heterocycles. The highest BCUT2D eigenvalue weighted by Crippen LogP contribution is 2.33. The van der Waals surface area contributed by atoms with Crippen LogP contribution in [0.4, 0.5) is 5.82 Å². The molecule has 0 bridgehead atoms. The minimum atomic E-state index is -0.916. The first-order valence-electron chi connectivity index (χ1n) is 7.05. The number of carboxylic acid groups (broad SMARTS) is 1. The van der Waals surface area contributed by atoms with Gasteiger partial charge < -0.3 is 15.2 Å². The van der Waals surface area contributed by atoms with Crippen molar-refractivity contribution in [1.82, 2.24) is 9.97 Å². The summed E-state index contributed by atoms with van der Waals surface area (Å²) in [5.41, 5.74) is -0.165. The zero-order chi connectivity index (χ0) is 14.6. The third-order valence-corrected chi connectivity index (χ3v) is 3.79. The molecule has 6 nitrogen and oxygen atoms in total. The van der Waals surface area contributed by atoms with E-state index in [9.17, 15) is 9.90 Å². The van der Waals surface area contributed by atoms with Crippen molar-refractivity contribution >= 4 is 11.8 Å². The van der Waals surface area contributed by atoms with Crippen LogP contribution in [0.5, 0.6) is 5.88 Å². The molecule has 1 saturated carbocycles. The number of aliphatic carboxylic acids is 1. The number of carboxylic acids is 1. The average Bonchev–Trinajstić information content (AvgIpc) is 2.44. The maximum Gasteiger partial charge on any atom is 0.329 e. The van der Waals surface area contributed by atoms with E-state index in [0.717, 1.165) is 24.8 Å². The van der Waals surface area contributed by atoms with Gasteiger partial charge in [-0.05, 0) is 26.7 Å². The first-order valence-corrected chi connectivity index (χ1v) is 7.05. The number of nitrogens with one attached hydrogen (secondary N) is 1. The van der Waals surface area contributed by atoms with Crippen molar-refractivity contribution in [1.29, 1.82) is 0 Å². The molecule has 1 aliphatic rings. The number of anilines is 1. The van der Waals surface area contributed by atoms with Gasteiger partial charge in [0.15, 0.2) is 0 Å². The van der Waals surface area contributed by atoms with Crippen LogP contribution >= 0.6 is 0 Å². The Hall–Kier alpha value is -1.85. The van der Waals surface area contributed by atoms with Crippen LogP contribution in [0.25, 0.3) is 0 Å². The Labute approximate surface area is 118 Å². The third-order valence-electron chi connectivity index (χ3n) is 3.79. The number of ether oxygens (including phenoxy) is 1. The molecule has 1 aromatic rings. The highest BCUT2D eigenvalue weighted by molar-refractivity contribution is 5.83. The van der Waals surface area contributed by atoms with E-state index >= 15 is 0 Å². The Morgan fingerprint density at radius 2 is 2.10 bits per heavy atom. The zero-order valence-electron chi connectivity index (χ0n) is 12.0. The lowest BCUT2D eigenvalue weighted by molar-refractivity contribution is -0.143. The highest BCUT2D eigenvalue weighted by atomic mass is 16.5. The summed E-state index contributed by atoms with van der Waals surface area (Å²) in [6, 6.07) is 0. The number of nitrogens with zero attached hydrogens (tertiary/aromatic N) is 2. The third kappa shape index (κ3) is 2.84. The molecular weight excluding hydrogens is 258 g/mol. The van der Waals surface area contributed by atoms with Crippen LogP contribution in [-0.2, 0) is 4.79 Å². The second kappa shape index (κ2) is 6.07. The van der Waals surface area contributed by atoms with E-state index < -0.39 is 11.5 Å². The van der Waals surface area contributed by atoms with Crippen molar-refractivity contribution in [2.24, 2.45) is 0 Å². The number of carbonyl (C=O) groups is 1. The van der Waals surface area contributed by atoms with Crippen LogP contribution in [0.2, 0.25) is 0 Å². The lowest BCUT2D eigenvalue weighted by atomic mass is 9.81. The summed E-state index contributed by atoms with van der Waals surface area (Å²) in [6.07, 6.45) is 5.57. The topological polar surface area (TPSA) is 84.3 Å². The van der Waals surface area contributed by atoms with Gasteiger partial charge in [-0.2, -0.15) is 0 Å². The number of hydrogen-bond acceptors (Lipinski definition) is 5. The Morgan fingerprint density at radius 3 is 2.70 bits per heavy atom. The molecule has 1 aliphatic carbocycles. The van der Waals surface area contributed by atoms with Crippen molar-refractivity contribution in [2.45, 2.75) is 51.5 Å². The molecule has 0 unspecified atom stereocenters. The van der Waals surface area contributed by atoms with Gasteiger partial charge in [0.2, 0.25) is 5.88 Å². The van der Waals surface area contributed by atoms with Crippen molar-refractivity contribution in [3.8, 4) is 5.88 Å². The molecule has 1 fully saturated rings. The molecule has 2 rings (SSSR count). The summed E-state index contributed by atoms with van der Waals surface area (Å²) in [4.78, 5) is 19.9. The maximum absolute atomic E-state index is 11.7. The minimum Gasteiger partial charge on any atom is -0.480 e. The Balaban J connectivity index is 2.27. The fraction of sp³-hybridized carbons (Fsp3) is 0.643. The second-order valence-electron chi connectivity index (χ2n) is 5.16. The van der Waals surface area contributed by atoms with E-state index in [0.29, 0.717) is 31.1 Å². The molecule has 0 spiro atoms. The van der Waals surface area contributed by atoms with Gasteiger partial charge in [0.1, 0.15) is 17.7 Å². The summed E-state index contributed by atoms with van der Waals surface area (Å²) < 4.78 is 5.42. The molecular formula is C14H21N3O3. The highest BCUT2D eigenvalue weighted by Gasteiger charge is 2.40. The zero-order valence-corrected chi connectivity index (χ0v) is 12.0. The Morgan fingerprint density at radius 1 is 1.40 bits per heavy atom. The van der Waals surface area contributed by atoms with E-state index in [1.165, 1.54) is 6.33 Å². The normalized spacial score (nSPS) is 17.5. The van der Waals surface area contributed by atoms with Gasteiger partial charge in [0.05, 0.1) is 12.2 Å². The largest absolute Gasteiger partial charge is 0.480 e. The molecule has 0 aromatic carbocycles. The SMILES string of the molecule is CCOc1ncnc(NC2(C(=O)O)CCCCC2)c1C. The fourth-order valence-electron chi connectivity index (χ4n) is 2.62. The summed E-state index contributed by atoms with van der Waals surface area (Å²) in [5, 5.41) is 12.7. The van der Waals surface area contributed by atoms with Gasteiger partial charge in [-0.1, -0.05) is 19.3 Å². The summed E-state index contributed by atoms with van der Waals surface area (Å²) in [6.45, 7) is 4.24. The van der Waals surface area contributed by atoms with Crippen molar-refractivity contribution in [2.75, 3.05) is 11.9 Å². The molecule has 0 saturated heterocycles. The number of hydrogen-bond donors (Lipinski definition) is 2. The molecule has 0 atom stereocenters. The standard InChI is InChI=1S/C14H21N3O3/c1-3-20-12-10(2)11(15-9-16-12)17-14(13(18)19)7-5-4-6-8-14/h9H,3-8H2,1-2H3,(H,18,19)(H,15,16,17). The van der Waals surface area contributed by atoms with Crippen molar-refractivity contribution in [3.63, 3.8) is 0 Å². The van der Waals surface area contributed by atoms with Gasteiger partial charge in [-0.25, -0.2) is 14.8 Å². The summed E-state index contributed by atoms with van der Waals surface area (Å²) in [7, 11) is 0. The van der Waals surface area contributed by atoms with E-state index in [1.807, 2.05) is 13.8 Å². The van der Waals surface area contributed by atoms with Crippen LogP contribution in [0.3, 0.4) is 0 Å². The van der Waals surface area contributed by atoms with E-state index in [-0.39, 0.29) is 0 Å². The molecule has 0 aliphatic heterocycles. The number of aromatic nitrogens is 2. The van der Waals surface area contributed by atoms with Gasteiger partial charge >= 0.3 is 5.97 Å². The van der Waals surface area contributed by atoms with Gasteiger partial charge in [0.25, 0.3) is 0 Å². The molecule has 1 aromatic heterocycles. The monoisotopic (exact) mass is 279 g/mol. The van der Waals surface area contributed by atoms with E-state index in [1.54, 1.807) is 0 Å². The molecule has 2 N–H and O–H groups in total. The van der Waals surface area contributed by atoms with Crippen molar-refractivity contribution in [3.05, 3.63) is 11.9 Å². The fourth-order valence-corrected chi connectivity index (χ4v) is 2.62. The van der Waals surface area contributed by atoms with E-state index in [2.05, 4.69) is 15.3 Å². The van der Waals surface area contributed by atoms with Gasteiger partial charge in [0, 0.05) is 0 Å². The second-order valence-corrected chi connectivity index (χ2v) is 5.16. The summed E-state index contributed by atoms with van der Waals surface area (Å²) >= 11 is 0. The van der Waals surface area contributed by atoms with Crippen LogP contribution in [-0.4, -0.2) is 33.2 Å². The van der Waals surface area contributed by atoms with Crippen molar-refractivity contribution < 1.29 is 14.6 Å². The quantitative estimate of drug-likeness (QED) is 0.861. The van der Waals surface area contributed by atoms with E-state index in [4.69, 9.17) is 4.74 Å². The van der Waals surface area contributed by atoms with Crippen LogP contribution < -0.4 is 10.1 Å². The van der Waals surface area contributed by atoms with Gasteiger partial charge in [-0.15, -0.1) is 0 Å². The first kappa shape index (κ1) is 14.6. The molecule has 20 heavy (non-hydrogen) atoms. The van der Waals surface area contributed by atoms with Crippen LogP contribution in [0.15, 0.2) is 6.33 Å². The van der Waals surface area contributed by atoms with Crippen LogP contribution in [0, 0.1) is 6.92 Å². The number of rotatable bonds is 5. The Bertz CT molecular complexity index is 485. The lowest BCUT2D eigenvalue weighted by Crippen LogP contribution is -2.48. The summed E-state index contributed by atoms with van der Waals surface area (Å²) in [5.74, 6) is 0.238. The lowest BCUT2D eigenvalue weighted by Gasteiger charge is -2.34. The maximum atomic E-state index is 11.7. The minimum absolute atomic E-state index is 0.501. The Kier molecular flexibility index (Phi) is 4.42. The van der Waals surface area contributed by atoms with Crippen LogP contribution in [0.1, 0.15) is 44.6 Å². The first-order chi connectivity index (χ1) is 9.59. The predicted octanol–water partition coefficient (Wildman–Crippen LogP) is 2.38. The molecule has 6 heteroatoms. The average molecular weight is 279 g/mol. The molecule has 0 amide bonds. The molecule has 0 radical (unpaired) electrons. The smallest absolute Gasteiger partial charge is 0.329 e.